The Morgan fingerprint density at radius 2 is 2.06 bits per heavy atom. The van der Waals surface area contributed by atoms with E-state index in [0.717, 1.165) is 11.3 Å². The molecular formula is C9H10Br2F3NS. The standard InChI is InChI=1S/C9H10Br2F3NS/c1-2-3-15-7(9(12,13)14)6-4-5(10)8(11)16-6/h4,7,15H,2-3H2,1H3. The van der Waals surface area contributed by atoms with Crippen molar-refractivity contribution in [2.24, 2.45) is 0 Å². The SMILES string of the molecule is CCCNC(c1cc(Br)c(Br)s1)C(F)(F)F. The van der Waals surface area contributed by atoms with E-state index in [0.29, 0.717) is 21.2 Å². The van der Waals surface area contributed by atoms with Crippen molar-refractivity contribution in [1.29, 1.82) is 0 Å². The first-order valence-corrected chi connectivity index (χ1v) is 7.01. The third kappa shape index (κ3) is 3.72. The Bertz CT molecular complexity index is 332. The lowest BCUT2D eigenvalue weighted by atomic mass is 10.2. The van der Waals surface area contributed by atoms with Crippen LogP contribution < -0.4 is 5.32 Å². The van der Waals surface area contributed by atoms with E-state index < -0.39 is 12.2 Å². The third-order valence-corrected chi connectivity index (χ3v) is 5.20. The van der Waals surface area contributed by atoms with Crippen molar-refractivity contribution in [1.82, 2.24) is 5.32 Å². The molecule has 7 heteroatoms. The van der Waals surface area contributed by atoms with Gasteiger partial charge in [-0.25, -0.2) is 0 Å². The van der Waals surface area contributed by atoms with Gasteiger partial charge in [-0.05, 0) is 50.9 Å². The van der Waals surface area contributed by atoms with Crippen molar-refractivity contribution in [2.75, 3.05) is 6.54 Å². The Hall–Kier alpha value is 0.410. The molecule has 0 amide bonds. The van der Waals surface area contributed by atoms with Gasteiger partial charge < -0.3 is 5.32 Å². The van der Waals surface area contributed by atoms with Crippen LogP contribution in [-0.2, 0) is 0 Å². The van der Waals surface area contributed by atoms with Crippen molar-refractivity contribution in [3.63, 3.8) is 0 Å². The first-order chi connectivity index (χ1) is 7.36. The van der Waals surface area contributed by atoms with Crippen LogP contribution in [-0.4, -0.2) is 12.7 Å². The second kappa shape index (κ2) is 5.84. The van der Waals surface area contributed by atoms with Gasteiger partial charge in [0.2, 0.25) is 0 Å². The van der Waals surface area contributed by atoms with E-state index in [-0.39, 0.29) is 4.88 Å². The molecule has 0 aromatic carbocycles. The lowest BCUT2D eigenvalue weighted by Crippen LogP contribution is -2.33. The molecule has 1 aromatic rings. The number of halogens is 5. The molecule has 0 aliphatic rings. The Morgan fingerprint density at radius 1 is 1.44 bits per heavy atom. The van der Waals surface area contributed by atoms with Gasteiger partial charge in [-0.3, -0.25) is 0 Å². The van der Waals surface area contributed by atoms with Crippen molar-refractivity contribution < 1.29 is 13.2 Å². The second-order valence-corrected chi connectivity index (χ2v) is 6.46. The van der Waals surface area contributed by atoms with Crippen molar-refractivity contribution >= 4 is 43.2 Å². The van der Waals surface area contributed by atoms with Gasteiger partial charge in [-0.1, -0.05) is 6.92 Å². The van der Waals surface area contributed by atoms with Crippen LogP contribution in [0.5, 0.6) is 0 Å². The number of nitrogens with one attached hydrogen (secondary N) is 1. The zero-order chi connectivity index (χ0) is 12.3. The fourth-order valence-corrected chi connectivity index (χ4v) is 3.36. The number of hydrogen-bond donors (Lipinski definition) is 1. The van der Waals surface area contributed by atoms with Gasteiger partial charge in [-0.15, -0.1) is 11.3 Å². The van der Waals surface area contributed by atoms with E-state index in [1.165, 1.54) is 6.07 Å². The summed E-state index contributed by atoms with van der Waals surface area (Å²) in [6.07, 6.45) is -3.60. The van der Waals surface area contributed by atoms with E-state index in [1.54, 1.807) is 0 Å². The smallest absolute Gasteiger partial charge is 0.302 e. The molecule has 16 heavy (non-hydrogen) atoms. The fourth-order valence-electron chi connectivity index (χ4n) is 1.17. The van der Waals surface area contributed by atoms with E-state index in [9.17, 15) is 13.2 Å². The lowest BCUT2D eigenvalue weighted by Gasteiger charge is -2.20. The normalized spacial score (nSPS) is 14.1. The largest absolute Gasteiger partial charge is 0.408 e. The van der Waals surface area contributed by atoms with Gasteiger partial charge in [0.05, 0.1) is 3.79 Å². The monoisotopic (exact) mass is 379 g/mol. The molecule has 1 atom stereocenters. The molecule has 1 nitrogen and oxygen atoms in total. The van der Waals surface area contributed by atoms with Crippen LogP contribution in [0.2, 0.25) is 0 Å². The van der Waals surface area contributed by atoms with E-state index in [1.807, 2.05) is 6.92 Å². The lowest BCUT2D eigenvalue weighted by molar-refractivity contribution is -0.156. The minimum atomic E-state index is -4.26. The summed E-state index contributed by atoms with van der Waals surface area (Å²) >= 11 is 7.47. The molecule has 0 aliphatic heterocycles. The minimum Gasteiger partial charge on any atom is -0.302 e. The maximum atomic E-state index is 12.8. The predicted molar refractivity (Wildman–Crippen MR) is 66.8 cm³/mol. The summed E-state index contributed by atoms with van der Waals surface area (Å²) in [6, 6.07) is -0.0877. The molecule has 1 N–H and O–H groups in total. The van der Waals surface area contributed by atoms with Crippen LogP contribution >= 0.6 is 43.2 Å². The van der Waals surface area contributed by atoms with Gasteiger partial charge in [0, 0.05) is 9.35 Å². The highest BCUT2D eigenvalue weighted by Crippen LogP contribution is 2.41. The average Bonchev–Trinajstić information content (AvgIpc) is 2.45. The van der Waals surface area contributed by atoms with E-state index in [2.05, 4.69) is 37.2 Å². The average molecular weight is 381 g/mol. The van der Waals surface area contributed by atoms with Gasteiger partial charge in [0.15, 0.2) is 0 Å². The number of hydrogen-bond acceptors (Lipinski definition) is 2. The number of alkyl halides is 3. The highest BCUT2D eigenvalue weighted by atomic mass is 79.9. The predicted octanol–water partition coefficient (Wildman–Crippen LogP) is 4.88. The van der Waals surface area contributed by atoms with Gasteiger partial charge in [0.25, 0.3) is 0 Å². The van der Waals surface area contributed by atoms with Crippen LogP contribution in [0.4, 0.5) is 13.2 Å². The van der Waals surface area contributed by atoms with E-state index in [4.69, 9.17) is 0 Å². The molecule has 92 valence electrons. The van der Waals surface area contributed by atoms with Gasteiger partial charge in [0.1, 0.15) is 6.04 Å². The summed E-state index contributed by atoms with van der Waals surface area (Å²) in [6.45, 7) is 2.18. The Kier molecular flexibility index (Phi) is 5.28. The molecule has 0 aliphatic carbocycles. The second-order valence-electron chi connectivity index (χ2n) is 3.20. The Balaban J connectivity index is 2.92. The topological polar surface area (TPSA) is 12.0 Å². The van der Waals surface area contributed by atoms with Crippen LogP contribution in [0.25, 0.3) is 0 Å². The highest BCUT2D eigenvalue weighted by Gasteiger charge is 2.41. The summed E-state index contributed by atoms with van der Waals surface area (Å²) in [7, 11) is 0. The van der Waals surface area contributed by atoms with Crippen molar-refractivity contribution in [3.8, 4) is 0 Å². The zero-order valence-corrected chi connectivity index (χ0v) is 12.4. The first kappa shape index (κ1) is 14.5. The third-order valence-electron chi connectivity index (χ3n) is 1.87. The molecular weight excluding hydrogens is 371 g/mol. The molecule has 0 saturated heterocycles. The maximum absolute atomic E-state index is 12.8. The molecule has 1 aromatic heterocycles. The van der Waals surface area contributed by atoms with Crippen LogP contribution in [0.3, 0.4) is 0 Å². The van der Waals surface area contributed by atoms with Gasteiger partial charge >= 0.3 is 6.18 Å². The summed E-state index contributed by atoms with van der Waals surface area (Å²) in [5.41, 5.74) is 0. The van der Waals surface area contributed by atoms with Gasteiger partial charge in [-0.2, -0.15) is 13.2 Å². The highest BCUT2D eigenvalue weighted by molar-refractivity contribution is 9.13. The number of rotatable bonds is 4. The van der Waals surface area contributed by atoms with Crippen molar-refractivity contribution in [2.45, 2.75) is 25.6 Å². The summed E-state index contributed by atoms with van der Waals surface area (Å²) in [4.78, 5) is 0.264. The molecule has 1 unspecified atom stereocenters. The zero-order valence-electron chi connectivity index (χ0n) is 8.37. The van der Waals surface area contributed by atoms with Crippen LogP contribution in [0.1, 0.15) is 24.3 Å². The summed E-state index contributed by atoms with van der Waals surface area (Å²) in [5.74, 6) is 0. The molecule has 1 rings (SSSR count). The molecule has 0 bridgehead atoms. The summed E-state index contributed by atoms with van der Waals surface area (Å²) < 4.78 is 39.7. The summed E-state index contributed by atoms with van der Waals surface area (Å²) in [5, 5.41) is 2.51. The maximum Gasteiger partial charge on any atom is 0.408 e. The molecule has 0 spiro atoms. The van der Waals surface area contributed by atoms with Crippen LogP contribution in [0, 0.1) is 0 Å². The van der Waals surface area contributed by atoms with Crippen LogP contribution in [0.15, 0.2) is 14.3 Å². The fraction of sp³-hybridized carbons (Fsp3) is 0.556. The Morgan fingerprint density at radius 3 is 2.44 bits per heavy atom. The quantitative estimate of drug-likeness (QED) is 0.785. The molecule has 0 radical (unpaired) electrons. The van der Waals surface area contributed by atoms with E-state index >= 15 is 0 Å². The van der Waals surface area contributed by atoms with Crippen molar-refractivity contribution in [3.05, 3.63) is 19.2 Å². The molecule has 1 heterocycles. The first-order valence-electron chi connectivity index (χ1n) is 4.61. The Labute approximate surface area is 113 Å². The number of thiophene rings is 1. The molecule has 0 saturated carbocycles. The minimum absolute atomic E-state index is 0.264. The molecule has 0 fully saturated rings.